The molecule has 0 atom stereocenters. The topological polar surface area (TPSA) is 66.5 Å². The number of anilines is 1. The van der Waals surface area contributed by atoms with E-state index < -0.39 is 34.8 Å². The zero-order valence-electron chi connectivity index (χ0n) is 18.3. The molecule has 0 unspecified atom stereocenters. The Hall–Kier alpha value is -3.26. The number of amides is 1. The van der Waals surface area contributed by atoms with E-state index >= 15 is 0 Å². The van der Waals surface area contributed by atoms with Crippen molar-refractivity contribution in [3.63, 3.8) is 0 Å². The van der Waals surface area contributed by atoms with Gasteiger partial charge in [0.25, 0.3) is 0 Å². The molecule has 0 aliphatic heterocycles. The zero-order valence-corrected chi connectivity index (χ0v) is 19.9. The Bertz CT molecular complexity index is 1430. The summed E-state index contributed by atoms with van der Waals surface area (Å²) >= 11 is 6.16. The van der Waals surface area contributed by atoms with Gasteiger partial charge in [0, 0.05) is 28.2 Å². The fourth-order valence-electron chi connectivity index (χ4n) is 3.63. The molecule has 0 aromatic heterocycles. The molecule has 0 aliphatic carbocycles. The van der Waals surface area contributed by atoms with Gasteiger partial charge in [-0.3, -0.25) is 4.79 Å². The average Bonchev–Trinajstić information content (AvgIpc) is 2.81. The molecule has 4 rings (SSSR count). The standard InChI is InChI=1S/C26H22ClFN2O3S/c1-18-12-14-20(15-13-18)34(32,33)30(16-22-23(27)9-5-10-24(22)28)17-26(31)29-25-11-4-7-19-6-2-3-8-21(19)25/h2-15H,16-17H2,1H3,(H,29,31). The number of nitrogens with one attached hydrogen (secondary N) is 1. The fraction of sp³-hybridized carbons (Fsp3) is 0.115. The maximum Gasteiger partial charge on any atom is 0.243 e. The molecule has 0 radical (unpaired) electrons. The SMILES string of the molecule is Cc1ccc(S(=O)(=O)N(CC(=O)Nc2cccc3ccccc23)Cc2c(F)cccc2Cl)cc1. The van der Waals surface area contributed by atoms with Crippen LogP contribution in [0.2, 0.25) is 5.02 Å². The highest BCUT2D eigenvalue weighted by atomic mass is 35.5. The minimum Gasteiger partial charge on any atom is -0.324 e. The molecule has 4 aromatic rings. The number of benzene rings is 4. The van der Waals surface area contributed by atoms with Gasteiger partial charge in [-0.1, -0.05) is 71.8 Å². The molecule has 0 bridgehead atoms. The van der Waals surface area contributed by atoms with Crippen molar-refractivity contribution in [2.45, 2.75) is 18.4 Å². The summed E-state index contributed by atoms with van der Waals surface area (Å²) in [6, 6.07) is 23.4. The number of fused-ring (bicyclic) bond motifs is 1. The second kappa shape index (κ2) is 9.93. The van der Waals surface area contributed by atoms with Crippen LogP contribution in [0.1, 0.15) is 11.1 Å². The first-order valence-corrected chi connectivity index (χ1v) is 12.3. The molecule has 0 spiro atoms. The van der Waals surface area contributed by atoms with Crippen molar-refractivity contribution in [3.8, 4) is 0 Å². The zero-order chi connectivity index (χ0) is 24.3. The molecule has 0 heterocycles. The van der Waals surface area contributed by atoms with Crippen LogP contribution in [0.4, 0.5) is 10.1 Å². The summed E-state index contributed by atoms with van der Waals surface area (Å²) in [6.45, 7) is 0.916. The van der Waals surface area contributed by atoms with E-state index in [0.29, 0.717) is 5.69 Å². The Morgan fingerprint density at radius 1 is 0.941 bits per heavy atom. The molecule has 4 aromatic carbocycles. The second-order valence-corrected chi connectivity index (χ2v) is 10.2. The minimum atomic E-state index is -4.13. The van der Waals surface area contributed by atoms with Gasteiger partial charge in [-0.15, -0.1) is 0 Å². The van der Waals surface area contributed by atoms with Gasteiger partial charge in [-0.25, -0.2) is 12.8 Å². The lowest BCUT2D eigenvalue weighted by Gasteiger charge is -2.23. The first kappa shape index (κ1) is 23.9. The minimum absolute atomic E-state index is 0.00202. The molecule has 0 aliphatic rings. The normalized spacial score (nSPS) is 11.6. The maximum absolute atomic E-state index is 14.5. The highest BCUT2D eigenvalue weighted by molar-refractivity contribution is 7.89. The predicted molar refractivity (Wildman–Crippen MR) is 133 cm³/mol. The van der Waals surface area contributed by atoms with E-state index in [1.54, 1.807) is 24.3 Å². The van der Waals surface area contributed by atoms with E-state index in [1.165, 1.54) is 30.3 Å². The van der Waals surface area contributed by atoms with Crippen molar-refractivity contribution in [3.05, 3.63) is 107 Å². The van der Waals surface area contributed by atoms with Crippen molar-refractivity contribution < 1.29 is 17.6 Å². The summed E-state index contributed by atoms with van der Waals surface area (Å²) in [4.78, 5) is 13.0. The molecule has 5 nitrogen and oxygen atoms in total. The predicted octanol–water partition coefficient (Wildman–Crippen LogP) is 5.77. The van der Waals surface area contributed by atoms with Crippen molar-refractivity contribution >= 4 is 44.0 Å². The van der Waals surface area contributed by atoms with Gasteiger partial charge < -0.3 is 5.32 Å². The Balaban J connectivity index is 1.67. The number of sulfonamides is 1. The summed E-state index contributed by atoms with van der Waals surface area (Å²) in [7, 11) is -4.13. The van der Waals surface area contributed by atoms with Gasteiger partial charge in [0.2, 0.25) is 15.9 Å². The molecule has 0 fully saturated rings. The van der Waals surface area contributed by atoms with Crippen LogP contribution >= 0.6 is 11.6 Å². The molecule has 8 heteroatoms. The van der Waals surface area contributed by atoms with Gasteiger partial charge in [-0.05, 0) is 42.6 Å². The van der Waals surface area contributed by atoms with Crippen LogP contribution in [0.25, 0.3) is 10.8 Å². The van der Waals surface area contributed by atoms with Crippen molar-refractivity contribution in [1.29, 1.82) is 0 Å². The lowest BCUT2D eigenvalue weighted by molar-refractivity contribution is -0.116. The molecular weight excluding hydrogens is 475 g/mol. The van der Waals surface area contributed by atoms with Gasteiger partial charge in [0.1, 0.15) is 5.82 Å². The molecule has 0 saturated carbocycles. The smallest absolute Gasteiger partial charge is 0.243 e. The summed E-state index contributed by atoms with van der Waals surface area (Å²) in [6.07, 6.45) is 0. The highest BCUT2D eigenvalue weighted by Crippen LogP contribution is 2.26. The van der Waals surface area contributed by atoms with E-state index in [2.05, 4.69) is 5.32 Å². The number of aryl methyl sites for hydroxylation is 1. The third-order valence-electron chi connectivity index (χ3n) is 5.44. The van der Waals surface area contributed by atoms with Crippen LogP contribution < -0.4 is 5.32 Å². The lowest BCUT2D eigenvalue weighted by atomic mass is 10.1. The summed E-state index contributed by atoms with van der Waals surface area (Å²) in [5.74, 6) is -1.20. The Kier molecular flexibility index (Phi) is 6.97. The number of nitrogens with zero attached hydrogens (tertiary/aromatic N) is 1. The van der Waals surface area contributed by atoms with E-state index in [9.17, 15) is 17.6 Å². The lowest BCUT2D eigenvalue weighted by Crippen LogP contribution is -2.38. The molecule has 1 amide bonds. The maximum atomic E-state index is 14.5. The van der Waals surface area contributed by atoms with Crippen LogP contribution in [0.5, 0.6) is 0 Å². The number of rotatable bonds is 7. The molecule has 0 saturated heterocycles. The van der Waals surface area contributed by atoms with E-state index in [-0.39, 0.29) is 15.5 Å². The number of hydrogen-bond acceptors (Lipinski definition) is 3. The second-order valence-electron chi connectivity index (χ2n) is 7.86. The number of halogens is 2. The number of hydrogen-bond donors (Lipinski definition) is 1. The summed E-state index contributed by atoms with van der Waals surface area (Å²) < 4.78 is 42.3. The first-order chi connectivity index (χ1) is 16.3. The first-order valence-electron chi connectivity index (χ1n) is 10.5. The average molecular weight is 497 g/mol. The van der Waals surface area contributed by atoms with Crippen LogP contribution in [0.15, 0.2) is 89.8 Å². The van der Waals surface area contributed by atoms with Crippen molar-refractivity contribution in [2.24, 2.45) is 0 Å². The highest BCUT2D eigenvalue weighted by Gasteiger charge is 2.28. The van der Waals surface area contributed by atoms with E-state index in [0.717, 1.165) is 20.6 Å². The fourth-order valence-corrected chi connectivity index (χ4v) is 5.22. The number of carbonyl (C=O) groups excluding carboxylic acids is 1. The van der Waals surface area contributed by atoms with Gasteiger partial charge in [0.15, 0.2) is 0 Å². The number of carbonyl (C=O) groups is 1. The van der Waals surface area contributed by atoms with Gasteiger partial charge in [-0.2, -0.15) is 4.31 Å². The summed E-state index contributed by atoms with van der Waals surface area (Å²) in [5, 5.41) is 4.63. The van der Waals surface area contributed by atoms with Gasteiger partial charge >= 0.3 is 0 Å². The van der Waals surface area contributed by atoms with Crippen LogP contribution in [-0.2, 0) is 21.4 Å². The largest absolute Gasteiger partial charge is 0.324 e. The molecular formula is C26H22ClFN2O3S. The van der Waals surface area contributed by atoms with Crippen LogP contribution in [0, 0.1) is 12.7 Å². The monoisotopic (exact) mass is 496 g/mol. The van der Waals surface area contributed by atoms with E-state index in [1.807, 2.05) is 37.3 Å². The van der Waals surface area contributed by atoms with Crippen molar-refractivity contribution in [2.75, 3.05) is 11.9 Å². The van der Waals surface area contributed by atoms with E-state index in [4.69, 9.17) is 11.6 Å². The Labute approximate surface area is 202 Å². The molecule has 1 N–H and O–H groups in total. The van der Waals surface area contributed by atoms with Crippen LogP contribution in [-0.4, -0.2) is 25.2 Å². The third-order valence-corrected chi connectivity index (χ3v) is 7.60. The van der Waals surface area contributed by atoms with Crippen LogP contribution in [0.3, 0.4) is 0 Å². The molecule has 174 valence electrons. The quantitative estimate of drug-likeness (QED) is 0.353. The Morgan fingerprint density at radius 2 is 1.62 bits per heavy atom. The van der Waals surface area contributed by atoms with Crippen molar-refractivity contribution in [1.82, 2.24) is 4.31 Å². The Morgan fingerprint density at radius 3 is 2.35 bits per heavy atom. The molecule has 34 heavy (non-hydrogen) atoms. The summed E-state index contributed by atoms with van der Waals surface area (Å²) in [5.41, 5.74) is 1.44. The van der Waals surface area contributed by atoms with Gasteiger partial charge in [0.05, 0.1) is 11.4 Å². The third kappa shape index (κ3) is 5.12.